The topological polar surface area (TPSA) is 79.9 Å². The molecule has 1 N–H and O–H groups in total. The molecule has 9 heteroatoms. The Morgan fingerprint density at radius 1 is 1.24 bits per heavy atom. The summed E-state index contributed by atoms with van der Waals surface area (Å²) < 4.78 is 19.5. The zero-order chi connectivity index (χ0) is 23.8. The second-order valence-corrected chi connectivity index (χ2v) is 9.54. The van der Waals surface area contributed by atoms with Gasteiger partial charge in [-0.3, -0.25) is 9.89 Å². The molecule has 6 rings (SSSR count). The molecule has 2 fully saturated rings. The van der Waals surface area contributed by atoms with E-state index < -0.39 is 6.17 Å². The van der Waals surface area contributed by atoms with Crippen LogP contribution in [-0.4, -0.2) is 75.8 Å². The van der Waals surface area contributed by atoms with Gasteiger partial charge in [0.1, 0.15) is 6.17 Å². The van der Waals surface area contributed by atoms with E-state index in [-0.39, 0.29) is 1.43 Å². The van der Waals surface area contributed by atoms with Crippen LogP contribution in [0.5, 0.6) is 0 Å². The fourth-order valence-electron chi connectivity index (χ4n) is 4.94. The van der Waals surface area contributed by atoms with Gasteiger partial charge in [0.15, 0.2) is 0 Å². The molecule has 1 unspecified atom stereocenters. The Bertz CT molecular complexity index is 1210. The number of nitrogens with one attached hydrogen (secondary N) is 1. The molecule has 0 spiro atoms. The van der Waals surface area contributed by atoms with E-state index in [1.165, 1.54) is 0 Å². The highest BCUT2D eigenvalue weighted by molar-refractivity contribution is 5.96. The van der Waals surface area contributed by atoms with Crippen molar-refractivity contribution in [1.82, 2.24) is 24.5 Å². The van der Waals surface area contributed by atoms with Crippen molar-refractivity contribution in [1.29, 1.82) is 0 Å². The number of aromatic nitrogens is 4. The van der Waals surface area contributed by atoms with Gasteiger partial charge in [0.2, 0.25) is 5.95 Å². The number of alkyl halides is 1. The Morgan fingerprint density at radius 2 is 2.06 bits per heavy atom. The highest BCUT2D eigenvalue weighted by atomic mass is 19.1. The zero-order valence-electron chi connectivity index (χ0n) is 20.2. The van der Waals surface area contributed by atoms with Crippen LogP contribution in [0.2, 0.25) is 0 Å². The number of fused-ring (bicyclic) bond motifs is 2. The number of nitrogens with zero attached hydrogens (tertiary/aromatic N) is 6. The van der Waals surface area contributed by atoms with Crippen molar-refractivity contribution >= 4 is 22.9 Å². The molecule has 0 aromatic carbocycles. The summed E-state index contributed by atoms with van der Waals surface area (Å²) in [5.41, 5.74) is 6.13. The minimum absolute atomic E-state index is 0. The van der Waals surface area contributed by atoms with Gasteiger partial charge in [-0.25, -0.2) is 18.9 Å². The minimum atomic E-state index is -0.583. The van der Waals surface area contributed by atoms with E-state index in [9.17, 15) is 4.39 Å². The molecule has 34 heavy (non-hydrogen) atoms. The number of aliphatic imine (C=N–C) groups is 1. The van der Waals surface area contributed by atoms with Gasteiger partial charge >= 0.3 is 0 Å². The van der Waals surface area contributed by atoms with Gasteiger partial charge in [0.05, 0.1) is 48.0 Å². The quantitative estimate of drug-likeness (QED) is 0.614. The molecular weight excluding hydrogens is 433 g/mol. The van der Waals surface area contributed by atoms with Crippen LogP contribution in [0.4, 0.5) is 16.0 Å². The van der Waals surface area contributed by atoms with Crippen molar-refractivity contribution in [3.05, 3.63) is 36.3 Å². The minimum Gasteiger partial charge on any atom is -0.378 e. The van der Waals surface area contributed by atoms with E-state index in [0.29, 0.717) is 30.4 Å². The van der Waals surface area contributed by atoms with Gasteiger partial charge in [-0.2, -0.15) is 0 Å². The van der Waals surface area contributed by atoms with E-state index >= 15 is 0 Å². The highest BCUT2D eigenvalue weighted by Gasteiger charge is 2.32. The first-order valence-electron chi connectivity index (χ1n) is 12.0. The van der Waals surface area contributed by atoms with Crippen molar-refractivity contribution in [3.8, 4) is 11.3 Å². The molecule has 3 aliphatic rings. The molecule has 3 aromatic rings. The van der Waals surface area contributed by atoms with Gasteiger partial charge in [-0.05, 0) is 37.5 Å². The van der Waals surface area contributed by atoms with Gasteiger partial charge < -0.3 is 10.1 Å². The highest BCUT2D eigenvalue weighted by Crippen LogP contribution is 2.40. The number of ether oxygens (including phenoxy) is 1. The average molecular weight is 468 g/mol. The van der Waals surface area contributed by atoms with Gasteiger partial charge in [-0.15, -0.1) is 5.10 Å². The summed E-state index contributed by atoms with van der Waals surface area (Å²) in [5.74, 6) is 1.36. The first-order valence-corrected chi connectivity index (χ1v) is 12.0. The van der Waals surface area contributed by atoms with Crippen molar-refractivity contribution in [3.63, 3.8) is 0 Å². The van der Waals surface area contributed by atoms with Crippen LogP contribution in [0.3, 0.4) is 0 Å². The molecule has 0 radical (unpaired) electrons. The van der Waals surface area contributed by atoms with Crippen LogP contribution < -0.4 is 5.32 Å². The lowest BCUT2D eigenvalue weighted by Gasteiger charge is -2.34. The summed E-state index contributed by atoms with van der Waals surface area (Å²) in [7, 11) is 1.81. The first kappa shape index (κ1) is 22.9. The number of hydrogen-bond acceptors (Lipinski definition) is 7. The maximum absolute atomic E-state index is 12.6. The number of anilines is 1. The Balaban J connectivity index is 0.000000220. The van der Waals surface area contributed by atoms with Crippen LogP contribution in [0, 0.1) is 5.92 Å². The smallest absolute Gasteiger partial charge is 0.240 e. The Hall–Kier alpha value is -2.91. The van der Waals surface area contributed by atoms with Crippen molar-refractivity contribution in [2.45, 2.75) is 45.3 Å². The molecule has 0 amide bonds. The second kappa shape index (κ2) is 9.38. The second-order valence-electron chi connectivity index (χ2n) is 9.54. The molecular formula is C25H34FN7O. The lowest BCUT2D eigenvalue weighted by atomic mass is 9.89. The Labute approximate surface area is 200 Å². The summed E-state index contributed by atoms with van der Waals surface area (Å²) in [6, 6.07) is 6.65. The van der Waals surface area contributed by atoms with Gasteiger partial charge in [-0.1, -0.05) is 13.8 Å². The number of hydrogen-bond donors (Lipinski definition) is 1. The molecule has 0 bridgehead atoms. The summed E-state index contributed by atoms with van der Waals surface area (Å²) >= 11 is 0. The first-order chi connectivity index (χ1) is 16.4. The predicted octanol–water partition coefficient (Wildman–Crippen LogP) is 4.35. The number of rotatable bonds is 4. The van der Waals surface area contributed by atoms with Gasteiger partial charge in [0.25, 0.3) is 0 Å². The van der Waals surface area contributed by atoms with E-state index in [4.69, 9.17) is 9.72 Å². The summed E-state index contributed by atoms with van der Waals surface area (Å²) in [5, 5.41) is 7.36. The number of likely N-dealkylation sites (tertiary alicyclic amines) is 1. The number of pyridine rings is 1. The van der Waals surface area contributed by atoms with Crippen LogP contribution in [-0.2, 0) is 4.74 Å². The summed E-state index contributed by atoms with van der Waals surface area (Å²) in [6.45, 7) is 9.71. The maximum Gasteiger partial charge on any atom is 0.240 e. The van der Waals surface area contributed by atoms with E-state index in [1.807, 2.05) is 36.1 Å². The molecule has 6 heterocycles. The monoisotopic (exact) mass is 467 g/mol. The van der Waals surface area contributed by atoms with Crippen molar-refractivity contribution in [2.24, 2.45) is 10.9 Å². The lowest BCUT2D eigenvalue weighted by Crippen LogP contribution is -2.47. The fraction of sp³-hybridized carbons (Fsp3) is 0.520. The molecule has 0 saturated carbocycles. The molecule has 2 atom stereocenters. The zero-order valence-corrected chi connectivity index (χ0v) is 20.2. The average Bonchev–Trinajstić information content (AvgIpc) is 3.48. The third-order valence-electron chi connectivity index (χ3n) is 6.83. The summed E-state index contributed by atoms with van der Waals surface area (Å²) in [4.78, 5) is 16.1. The third kappa shape index (κ3) is 4.30. The summed E-state index contributed by atoms with van der Waals surface area (Å²) in [6.07, 6.45) is 3.89. The molecule has 3 aromatic heterocycles. The van der Waals surface area contributed by atoms with Crippen molar-refractivity contribution < 1.29 is 10.6 Å². The van der Waals surface area contributed by atoms with Gasteiger partial charge in [0, 0.05) is 45.0 Å². The van der Waals surface area contributed by atoms with E-state index in [2.05, 4.69) is 52.1 Å². The van der Waals surface area contributed by atoms with Crippen LogP contribution in [0.15, 0.2) is 35.6 Å². The fourth-order valence-corrected chi connectivity index (χ4v) is 4.94. The maximum atomic E-state index is 12.6. The Kier molecular flexibility index (Phi) is 6.31. The molecule has 0 aliphatic carbocycles. The van der Waals surface area contributed by atoms with E-state index in [1.54, 1.807) is 0 Å². The van der Waals surface area contributed by atoms with Crippen LogP contribution >= 0.6 is 0 Å². The van der Waals surface area contributed by atoms with Crippen LogP contribution in [0.1, 0.15) is 40.2 Å². The molecule has 182 valence electrons. The SMILES string of the molecule is CNc1ncc2c(-c3ccc4c(n3)C(C(C)C)C(C)=N4)ccn2n1.F[C@@H]1CCN(C2COC2)C1.[HH]. The molecule has 2 saturated heterocycles. The van der Waals surface area contributed by atoms with Crippen LogP contribution in [0.25, 0.3) is 16.8 Å². The normalized spacial score (nSPS) is 22.4. The molecule has 8 nitrogen and oxygen atoms in total. The number of halogens is 1. The van der Waals surface area contributed by atoms with E-state index in [0.717, 1.165) is 60.0 Å². The molecule has 3 aliphatic heterocycles. The Morgan fingerprint density at radius 3 is 2.71 bits per heavy atom. The predicted molar refractivity (Wildman–Crippen MR) is 134 cm³/mol. The third-order valence-corrected chi connectivity index (χ3v) is 6.83. The largest absolute Gasteiger partial charge is 0.378 e. The lowest BCUT2D eigenvalue weighted by molar-refractivity contribution is -0.0584. The standard InChI is InChI=1S/C18H20N6.C7H12FNO.H2/c1-10(2)16-11(3)21-14-6-5-13(22-17(14)16)12-7-8-24-15(12)9-20-18(19-4)23-24;8-6-1-2-9(3-6)7-4-10-5-7;/h5-10,16H,1-4H3,(H,19,23);6-7H,1-5H2;1H/t;6-;/m.1./s1. The van der Waals surface area contributed by atoms with Crippen molar-refractivity contribution in [2.75, 3.05) is 38.7 Å².